The van der Waals surface area contributed by atoms with Crippen LogP contribution in [0.25, 0.3) is 0 Å². The number of benzene rings is 1. The van der Waals surface area contributed by atoms with E-state index in [4.69, 9.17) is 9.16 Å². The molecular weight excluding hydrogens is 485 g/mol. The molecule has 0 bridgehead atoms. The molecule has 6 nitrogen and oxygen atoms in total. The van der Waals surface area contributed by atoms with Crippen LogP contribution in [0.5, 0.6) is 0 Å². The molecule has 37 heavy (non-hydrogen) atoms. The van der Waals surface area contributed by atoms with Gasteiger partial charge < -0.3 is 14.1 Å². The van der Waals surface area contributed by atoms with Gasteiger partial charge in [-0.15, -0.1) is 0 Å². The Bertz CT molecular complexity index is 1080. The third-order valence-corrected chi connectivity index (χ3v) is 13.0. The lowest BCUT2D eigenvalue weighted by Gasteiger charge is -2.37. The number of likely N-dealkylation sites (tertiary alicyclic amines) is 1. The van der Waals surface area contributed by atoms with Gasteiger partial charge in [-0.1, -0.05) is 57.2 Å². The Hall–Kier alpha value is -2.29. The highest BCUT2D eigenvalue weighted by atomic mass is 28.4. The number of pyridine rings is 1. The Morgan fingerprint density at radius 3 is 2.49 bits per heavy atom. The van der Waals surface area contributed by atoms with Crippen LogP contribution in [-0.2, 0) is 20.5 Å². The average molecular weight is 528 g/mol. The van der Waals surface area contributed by atoms with Crippen LogP contribution < -0.4 is 4.90 Å². The summed E-state index contributed by atoms with van der Waals surface area (Å²) in [6.45, 7) is 15.6. The van der Waals surface area contributed by atoms with Gasteiger partial charge in [0.25, 0.3) is 0 Å². The molecule has 0 aliphatic carbocycles. The standard InChI is InChI=1S/C29H42FN3O3Si/c1-29(2,3)37(5,6)36-20-22-14-15-33(17-22)26-13-12-23(27(30)31-26)24-18-32(19-25(24)28(34)35-4)16-21-10-8-7-9-11-21/h7-13,22,24-25H,14-20H2,1-6H3/t22-,24+,25-/m1/s1. The summed E-state index contributed by atoms with van der Waals surface area (Å²) in [6, 6.07) is 13.9. The maximum atomic E-state index is 15.5. The van der Waals surface area contributed by atoms with Crippen LogP contribution in [0.15, 0.2) is 42.5 Å². The molecule has 0 amide bonds. The van der Waals surface area contributed by atoms with E-state index in [1.807, 2.05) is 30.3 Å². The van der Waals surface area contributed by atoms with Gasteiger partial charge in [-0.25, -0.2) is 4.98 Å². The molecule has 0 radical (unpaired) electrons. The van der Waals surface area contributed by atoms with Crippen molar-refractivity contribution in [2.45, 2.75) is 57.8 Å². The number of anilines is 1. The fourth-order valence-corrected chi connectivity index (χ4v) is 6.25. The lowest BCUT2D eigenvalue weighted by Crippen LogP contribution is -2.42. The van der Waals surface area contributed by atoms with Gasteiger partial charge in [-0.05, 0) is 36.2 Å². The van der Waals surface area contributed by atoms with Gasteiger partial charge in [-0.3, -0.25) is 9.69 Å². The molecule has 0 spiro atoms. The highest BCUT2D eigenvalue weighted by molar-refractivity contribution is 6.74. The summed E-state index contributed by atoms with van der Waals surface area (Å²) < 4.78 is 27.0. The van der Waals surface area contributed by atoms with E-state index in [9.17, 15) is 4.79 Å². The summed E-state index contributed by atoms with van der Waals surface area (Å²) >= 11 is 0. The molecule has 3 heterocycles. The lowest BCUT2D eigenvalue weighted by atomic mass is 9.89. The van der Waals surface area contributed by atoms with Gasteiger partial charge >= 0.3 is 5.97 Å². The van der Waals surface area contributed by atoms with Gasteiger partial charge in [0.15, 0.2) is 8.32 Å². The van der Waals surface area contributed by atoms with Gasteiger partial charge in [0.05, 0.1) is 13.0 Å². The van der Waals surface area contributed by atoms with Crippen molar-refractivity contribution in [2.75, 3.05) is 44.8 Å². The van der Waals surface area contributed by atoms with E-state index >= 15 is 4.39 Å². The monoisotopic (exact) mass is 527 g/mol. The first kappa shape index (κ1) is 27.7. The molecule has 1 aromatic carbocycles. The topological polar surface area (TPSA) is 54.9 Å². The van der Waals surface area contributed by atoms with E-state index in [1.54, 1.807) is 0 Å². The largest absolute Gasteiger partial charge is 0.469 e. The van der Waals surface area contributed by atoms with Crippen LogP contribution in [0.4, 0.5) is 10.2 Å². The highest BCUT2D eigenvalue weighted by Gasteiger charge is 2.41. The van der Waals surface area contributed by atoms with Crippen LogP contribution in [0.3, 0.4) is 0 Å². The SMILES string of the molecule is COC(=O)[C@@H]1CN(Cc2ccccc2)C[C@H]1c1ccc(N2CC[C@@H](CO[Si](C)(C)C(C)(C)C)C2)nc1F. The van der Waals surface area contributed by atoms with Crippen molar-refractivity contribution in [3.8, 4) is 0 Å². The summed E-state index contributed by atoms with van der Waals surface area (Å²) in [6.07, 6.45) is 1.02. The Morgan fingerprint density at radius 2 is 1.84 bits per heavy atom. The molecule has 0 unspecified atom stereocenters. The van der Waals surface area contributed by atoms with E-state index in [1.165, 1.54) is 12.7 Å². The molecule has 2 fully saturated rings. The quantitative estimate of drug-likeness (QED) is 0.258. The van der Waals surface area contributed by atoms with Gasteiger partial charge in [0.2, 0.25) is 5.95 Å². The second kappa shape index (κ2) is 11.2. The molecule has 202 valence electrons. The Balaban J connectivity index is 1.43. The predicted octanol–water partition coefficient (Wildman–Crippen LogP) is 5.46. The van der Waals surface area contributed by atoms with Crippen LogP contribution in [0.1, 0.15) is 44.2 Å². The zero-order chi connectivity index (χ0) is 26.8. The van der Waals surface area contributed by atoms with Gasteiger partial charge in [0, 0.05) is 56.7 Å². The van der Waals surface area contributed by atoms with Crippen molar-refractivity contribution in [1.82, 2.24) is 9.88 Å². The Morgan fingerprint density at radius 1 is 1.11 bits per heavy atom. The summed E-state index contributed by atoms with van der Waals surface area (Å²) in [5, 5.41) is 0.185. The van der Waals surface area contributed by atoms with Crippen LogP contribution in [-0.4, -0.2) is 64.1 Å². The fraction of sp³-hybridized carbons (Fsp3) is 0.586. The summed E-state index contributed by atoms with van der Waals surface area (Å²) in [5.41, 5.74) is 1.66. The second-order valence-corrected chi connectivity index (χ2v) is 16.9. The molecule has 2 saturated heterocycles. The smallest absolute Gasteiger partial charge is 0.310 e. The number of esters is 1. The number of methoxy groups -OCH3 is 1. The number of ether oxygens (including phenoxy) is 1. The van der Waals surface area contributed by atoms with E-state index in [0.29, 0.717) is 36.9 Å². The number of nitrogens with zero attached hydrogens (tertiary/aromatic N) is 3. The van der Waals surface area contributed by atoms with Crippen molar-refractivity contribution in [2.24, 2.45) is 11.8 Å². The van der Waals surface area contributed by atoms with Crippen molar-refractivity contribution in [3.05, 3.63) is 59.5 Å². The van der Waals surface area contributed by atoms with Crippen molar-refractivity contribution in [3.63, 3.8) is 0 Å². The van der Waals surface area contributed by atoms with Crippen LogP contribution >= 0.6 is 0 Å². The summed E-state index contributed by atoms with van der Waals surface area (Å²) in [7, 11) is -0.393. The molecule has 0 saturated carbocycles. The minimum atomic E-state index is -1.79. The minimum absolute atomic E-state index is 0.185. The summed E-state index contributed by atoms with van der Waals surface area (Å²) in [4.78, 5) is 21.3. The number of hydrogen-bond donors (Lipinski definition) is 0. The second-order valence-electron chi connectivity index (χ2n) is 12.1. The number of carbonyl (C=O) groups is 1. The third-order valence-electron chi connectivity index (χ3n) is 8.51. The third kappa shape index (κ3) is 6.41. The zero-order valence-electron chi connectivity index (χ0n) is 23.2. The molecule has 4 rings (SSSR count). The van der Waals surface area contributed by atoms with E-state index in [0.717, 1.165) is 26.1 Å². The first-order chi connectivity index (χ1) is 17.5. The number of carbonyl (C=O) groups excluding carboxylic acids is 1. The molecular formula is C29H42FN3O3Si. The number of rotatable bonds is 8. The average Bonchev–Trinajstić information content (AvgIpc) is 3.50. The Kier molecular flexibility index (Phi) is 8.40. The first-order valence-corrected chi connectivity index (χ1v) is 16.3. The fourth-order valence-electron chi connectivity index (χ4n) is 5.17. The molecule has 1 aromatic heterocycles. The van der Waals surface area contributed by atoms with Crippen molar-refractivity contribution in [1.29, 1.82) is 0 Å². The van der Waals surface area contributed by atoms with E-state index < -0.39 is 20.2 Å². The van der Waals surface area contributed by atoms with Gasteiger partial charge in [-0.2, -0.15) is 4.39 Å². The van der Waals surface area contributed by atoms with Crippen LogP contribution in [0.2, 0.25) is 18.1 Å². The number of hydrogen-bond acceptors (Lipinski definition) is 6. The molecule has 2 aliphatic rings. The maximum Gasteiger partial charge on any atom is 0.310 e. The van der Waals surface area contributed by atoms with Crippen molar-refractivity contribution < 1.29 is 18.3 Å². The highest BCUT2D eigenvalue weighted by Crippen LogP contribution is 2.38. The number of halogens is 1. The molecule has 8 heteroatoms. The normalized spacial score (nSPS) is 23.0. The predicted molar refractivity (Wildman–Crippen MR) is 148 cm³/mol. The zero-order valence-corrected chi connectivity index (χ0v) is 24.2. The summed E-state index contributed by atoms with van der Waals surface area (Å²) in [5.74, 6) is -0.415. The molecule has 3 atom stereocenters. The lowest BCUT2D eigenvalue weighted by molar-refractivity contribution is -0.145. The maximum absolute atomic E-state index is 15.5. The van der Waals surface area contributed by atoms with Crippen molar-refractivity contribution >= 4 is 20.1 Å². The minimum Gasteiger partial charge on any atom is -0.469 e. The molecule has 0 N–H and O–H groups in total. The van der Waals surface area contributed by atoms with Gasteiger partial charge in [0.1, 0.15) is 5.82 Å². The van der Waals surface area contributed by atoms with E-state index in [-0.39, 0.29) is 16.9 Å². The van der Waals surface area contributed by atoms with Crippen LogP contribution in [0, 0.1) is 17.8 Å². The molecule has 2 aromatic rings. The van der Waals surface area contributed by atoms with E-state index in [2.05, 4.69) is 60.8 Å². The Labute approximate surface area is 222 Å². The first-order valence-electron chi connectivity index (χ1n) is 13.4. The molecule has 2 aliphatic heterocycles. The number of aromatic nitrogens is 1.